The molecule has 1 aromatic heterocycles. The summed E-state index contributed by atoms with van der Waals surface area (Å²) in [6.45, 7) is 4.17. The number of carbonyl (C=O) groups excluding carboxylic acids is 1. The minimum atomic E-state index is -0.286. The lowest BCUT2D eigenvalue weighted by molar-refractivity contribution is -0.118. The Morgan fingerprint density at radius 2 is 1.77 bits per heavy atom. The van der Waals surface area contributed by atoms with Crippen molar-refractivity contribution in [2.24, 2.45) is 0 Å². The van der Waals surface area contributed by atoms with Crippen LogP contribution < -0.4 is 10.1 Å². The molecule has 0 spiro atoms. The number of hydrogen-bond acceptors (Lipinski definition) is 4. The summed E-state index contributed by atoms with van der Waals surface area (Å²) in [5, 5.41) is 12.3. The molecule has 4 aromatic rings. The van der Waals surface area contributed by atoms with Crippen molar-refractivity contribution in [3.05, 3.63) is 77.3 Å². The molecule has 0 aliphatic heterocycles. The van der Waals surface area contributed by atoms with Crippen LogP contribution in [0.4, 0.5) is 5.69 Å². The number of nitrogens with zero attached hydrogens (tertiary/aromatic N) is 3. The molecule has 0 atom stereocenters. The highest BCUT2D eigenvalue weighted by Gasteiger charge is 2.10. The van der Waals surface area contributed by atoms with Crippen LogP contribution in [0.25, 0.3) is 16.7 Å². The number of aromatic nitrogens is 3. The van der Waals surface area contributed by atoms with Crippen molar-refractivity contribution in [1.82, 2.24) is 15.0 Å². The van der Waals surface area contributed by atoms with Crippen molar-refractivity contribution in [3.63, 3.8) is 0 Å². The predicted molar refractivity (Wildman–Crippen MR) is 119 cm³/mol. The van der Waals surface area contributed by atoms with E-state index in [0.29, 0.717) is 27.9 Å². The number of fused-ring (bicyclic) bond motifs is 1. The molecule has 6 nitrogen and oxygen atoms in total. The van der Waals surface area contributed by atoms with Gasteiger partial charge in [-0.25, -0.2) is 0 Å². The van der Waals surface area contributed by atoms with Gasteiger partial charge in [0.05, 0.1) is 10.7 Å². The highest BCUT2D eigenvalue weighted by atomic mass is 35.5. The minimum Gasteiger partial charge on any atom is -0.482 e. The summed E-state index contributed by atoms with van der Waals surface area (Å²) < 4.78 is 5.47. The fourth-order valence-corrected chi connectivity index (χ4v) is 3.19. The number of hydrogen-bond donors (Lipinski definition) is 1. The van der Waals surface area contributed by atoms with Crippen molar-refractivity contribution in [1.29, 1.82) is 0 Å². The Labute approximate surface area is 179 Å². The summed E-state index contributed by atoms with van der Waals surface area (Å²) >= 11 is 6.04. The molecule has 0 radical (unpaired) electrons. The third-order valence-electron chi connectivity index (χ3n) is 4.65. The first-order valence-electron chi connectivity index (χ1n) is 9.64. The van der Waals surface area contributed by atoms with E-state index in [4.69, 9.17) is 16.3 Å². The molecular formula is C23H21ClN4O2. The molecule has 1 heterocycles. The second-order valence-corrected chi connectivity index (χ2v) is 7.61. The van der Waals surface area contributed by atoms with E-state index in [1.807, 2.05) is 18.2 Å². The quantitative estimate of drug-likeness (QED) is 0.464. The largest absolute Gasteiger partial charge is 0.482 e. The molecule has 0 unspecified atom stereocenters. The van der Waals surface area contributed by atoms with E-state index in [2.05, 4.69) is 41.5 Å². The average molecular weight is 421 g/mol. The zero-order chi connectivity index (χ0) is 21.1. The summed E-state index contributed by atoms with van der Waals surface area (Å²) in [5.74, 6) is 0.652. The lowest BCUT2D eigenvalue weighted by atomic mass is 10.0. The van der Waals surface area contributed by atoms with Crippen LogP contribution in [0.5, 0.6) is 5.75 Å². The van der Waals surface area contributed by atoms with Crippen LogP contribution in [-0.4, -0.2) is 27.5 Å². The molecule has 30 heavy (non-hydrogen) atoms. The SMILES string of the molecule is CC(C)c1ccc(-n2nc3ccc(NC(=O)COc4ccccc4Cl)cc3n2)cc1. The second kappa shape index (κ2) is 8.55. The molecule has 7 heteroatoms. The van der Waals surface area contributed by atoms with Gasteiger partial charge in [0.15, 0.2) is 6.61 Å². The fraction of sp³-hybridized carbons (Fsp3) is 0.174. The molecule has 3 aromatic carbocycles. The van der Waals surface area contributed by atoms with E-state index in [1.54, 1.807) is 41.2 Å². The number of para-hydroxylation sites is 1. The first-order chi connectivity index (χ1) is 14.5. The third kappa shape index (κ3) is 4.44. The maximum Gasteiger partial charge on any atom is 0.262 e. The average Bonchev–Trinajstić information content (AvgIpc) is 3.16. The first-order valence-corrected chi connectivity index (χ1v) is 10.0. The van der Waals surface area contributed by atoms with E-state index < -0.39 is 0 Å². The number of nitrogens with one attached hydrogen (secondary N) is 1. The van der Waals surface area contributed by atoms with Crippen LogP contribution >= 0.6 is 11.6 Å². The third-order valence-corrected chi connectivity index (χ3v) is 4.96. The molecule has 0 saturated heterocycles. The van der Waals surface area contributed by atoms with E-state index in [0.717, 1.165) is 11.2 Å². The smallest absolute Gasteiger partial charge is 0.262 e. The zero-order valence-corrected chi connectivity index (χ0v) is 17.4. The molecule has 0 aliphatic carbocycles. The Bertz CT molecular complexity index is 1190. The van der Waals surface area contributed by atoms with E-state index in [1.165, 1.54) is 5.56 Å². The van der Waals surface area contributed by atoms with Crippen LogP contribution in [0.2, 0.25) is 5.02 Å². The highest BCUT2D eigenvalue weighted by Crippen LogP contribution is 2.23. The molecule has 1 N–H and O–H groups in total. The summed E-state index contributed by atoms with van der Waals surface area (Å²) in [6, 6.07) is 20.6. The zero-order valence-electron chi connectivity index (χ0n) is 16.7. The molecule has 152 valence electrons. The van der Waals surface area contributed by atoms with Crippen LogP contribution in [0.1, 0.15) is 25.3 Å². The Morgan fingerprint density at radius 3 is 2.50 bits per heavy atom. The summed E-state index contributed by atoms with van der Waals surface area (Å²) in [7, 11) is 0. The van der Waals surface area contributed by atoms with E-state index >= 15 is 0 Å². The van der Waals surface area contributed by atoms with Crippen LogP contribution in [0, 0.1) is 0 Å². The Balaban J connectivity index is 1.45. The van der Waals surface area contributed by atoms with Crippen LogP contribution in [0.15, 0.2) is 66.7 Å². The number of halogens is 1. The highest BCUT2D eigenvalue weighted by molar-refractivity contribution is 6.32. The van der Waals surface area contributed by atoms with Crippen molar-refractivity contribution in [2.45, 2.75) is 19.8 Å². The maximum atomic E-state index is 12.2. The molecular weight excluding hydrogens is 400 g/mol. The summed E-state index contributed by atoms with van der Waals surface area (Å²) in [5.41, 5.74) is 4.20. The molecule has 0 fully saturated rings. The molecule has 0 aliphatic rings. The van der Waals surface area contributed by atoms with Gasteiger partial charge >= 0.3 is 0 Å². The number of rotatable bonds is 6. The lowest BCUT2D eigenvalue weighted by Gasteiger charge is -2.08. The van der Waals surface area contributed by atoms with Gasteiger partial charge in [-0.2, -0.15) is 4.80 Å². The van der Waals surface area contributed by atoms with Crippen LogP contribution in [-0.2, 0) is 4.79 Å². The van der Waals surface area contributed by atoms with Gasteiger partial charge in [0, 0.05) is 5.69 Å². The number of ether oxygens (including phenoxy) is 1. The van der Waals surface area contributed by atoms with Crippen molar-refractivity contribution in [2.75, 3.05) is 11.9 Å². The molecule has 1 amide bonds. The number of amides is 1. The van der Waals surface area contributed by atoms with E-state index in [-0.39, 0.29) is 12.5 Å². The topological polar surface area (TPSA) is 69.0 Å². The summed E-state index contributed by atoms with van der Waals surface area (Å²) in [4.78, 5) is 13.8. The van der Waals surface area contributed by atoms with Gasteiger partial charge in [-0.15, -0.1) is 10.2 Å². The normalized spacial score (nSPS) is 11.1. The van der Waals surface area contributed by atoms with Crippen molar-refractivity contribution >= 4 is 34.2 Å². The van der Waals surface area contributed by atoms with E-state index in [9.17, 15) is 4.79 Å². The van der Waals surface area contributed by atoms with Gasteiger partial charge in [-0.3, -0.25) is 4.79 Å². The number of anilines is 1. The van der Waals surface area contributed by atoms with Gasteiger partial charge in [0.25, 0.3) is 5.91 Å². The molecule has 0 bridgehead atoms. The number of carbonyl (C=O) groups is 1. The number of benzene rings is 3. The minimum absolute atomic E-state index is 0.142. The second-order valence-electron chi connectivity index (χ2n) is 7.21. The first kappa shape index (κ1) is 19.9. The Kier molecular flexibility index (Phi) is 5.68. The standard InChI is InChI=1S/C23H21ClN4O2/c1-15(2)16-7-10-18(11-8-16)28-26-20-12-9-17(13-21(20)27-28)25-23(29)14-30-22-6-4-3-5-19(22)24/h3-13,15H,14H2,1-2H3,(H,25,29). The fourth-order valence-electron chi connectivity index (χ4n) is 3.00. The summed E-state index contributed by atoms with van der Waals surface area (Å²) in [6.07, 6.45) is 0. The lowest BCUT2D eigenvalue weighted by Crippen LogP contribution is -2.20. The monoisotopic (exact) mass is 420 g/mol. The van der Waals surface area contributed by atoms with Gasteiger partial charge in [0.2, 0.25) is 0 Å². The Morgan fingerprint density at radius 1 is 1.03 bits per heavy atom. The van der Waals surface area contributed by atoms with Gasteiger partial charge in [-0.1, -0.05) is 49.7 Å². The van der Waals surface area contributed by atoms with Gasteiger partial charge in [-0.05, 0) is 53.9 Å². The van der Waals surface area contributed by atoms with Crippen molar-refractivity contribution < 1.29 is 9.53 Å². The van der Waals surface area contributed by atoms with Crippen LogP contribution in [0.3, 0.4) is 0 Å². The molecule has 4 rings (SSSR count). The van der Waals surface area contributed by atoms with Crippen molar-refractivity contribution in [3.8, 4) is 11.4 Å². The predicted octanol–water partition coefficient (Wildman–Crippen LogP) is 5.21. The Hall–Kier alpha value is -3.38. The molecule has 0 saturated carbocycles. The van der Waals surface area contributed by atoms with Gasteiger partial charge in [0.1, 0.15) is 16.8 Å². The van der Waals surface area contributed by atoms with Gasteiger partial charge < -0.3 is 10.1 Å². The maximum absolute atomic E-state index is 12.2.